The highest BCUT2D eigenvalue weighted by atomic mass is 16.5. The highest BCUT2D eigenvalue weighted by molar-refractivity contribution is 5.87. The Hall–Kier alpha value is -0.910. The molecular weight excluding hydrogens is 236 g/mol. The fourth-order valence-corrected chi connectivity index (χ4v) is 1.39. The zero-order valence-electron chi connectivity index (χ0n) is 11.4. The van der Waals surface area contributed by atoms with Crippen molar-refractivity contribution in [2.75, 3.05) is 33.0 Å². The Kier molecular flexibility index (Phi) is 8.62. The van der Waals surface area contributed by atoms with Crippen molar-refractivity contribution in [2.45, 2.75) is 27.2 Å². The fourth-order valence-electron chi connectivity index (χ4n) is 1.39. The minimum absolute atomic E-state index is 0.0102. The average molecular weight is 260 g/mol. The summed E-state index contributed by atoms with van der Waals surface area (Å²) in [7, 11) is 0. The summed E-state index contributed by atoms with van der Waals surface area (Å²) in [5.41, 5.74) is 0.0402. The van der Waals surface area contributed by atoms with E-state index in [0.29, 0.717) is 38.4 Å². The van der Waals surface area contributed by atoms with Crippen molar-refractivity contribution in [1.82, 2.24) is 0 Å². The molecule has 0 saturated carbocycles. The van der Waals surface area contributed by atoms with Crippen LogP contribution in [-0.2, 0) is 14.3 Å². The van der Waals surface area contributed by atoms with E-state index in [-0.39, 0.29) is 12.0 Å². The molecular formula is C13H24O5. The second kappa shape index (κ2) is 9.08. The number of carboxylic acids is 1. The summed E-state index contributed by atoms with van der Waals surface area (Å²) in [6.45, 7) is 7.30. The minimum atomic E-state index is -0.881. The van der Waals surface area contributed by atoms with Crippen LogP contribution in [0.15, 0.2) is 11.6 Å². The molecule has 0 aromatic heterocycles. The van der Waals surface area contributed by atoms with Gasteiger partial charge in [-0.3, -0.25) is 0 Å². The number of hydrogen-bond acceptors (Lipinski definition) is 4. The van der Waals surface area contributed by atoms with E-state index in [4.69, 9.17) is 19.7 Å². The van der Waals surface area contributed by atoms with Gasteiger partial charge in [-0.25, -0.2) is 4.79 Å². The number of carboxylic acid groups (broad SMARTS) is 1. The van der Waals surface area contributed by atoms with Gasteiger partial charge in [0.25, 0.3) is 0 Å². The van der Waals surface area contributed by atoms with Gasteiger partial charge in [-0.15, -0.1) is 0 Å². The van der Waals surface area contributed by atoms with Gasteiger partial charge in [0.15, 0.2) is 0 Å². The molecule has 0 fully saturated rings. The molecule has 0 aromatic carbocycles. The number of hydrogen-bond donors (Lipinski definition) is 2. The number of aliphatic carboxylic acids is 1. The maximum atomic E-state index is 11.0. The van der Waals surface area contributed by atoms with Gasteiger partial charge in [0.05, 0.1) is 33.0 Å². The number of aliphatic hydroxyl groups is 1. The number of aliphatic hydroxyl groups excluding tert-OH is 1. The number of carbonyl (C=O) groups is 1. The lowest BCUT2D eigenvalue weighted by Crippen LogP contribution is -2.17. The Morgan fingerprint density at radius 3 is 2.11 bits per heavy atom. The van der Waals surface area contributed by atoms with E-state index in [1.807, 2.05) is 20.8 Å². The molecule has 0 atom stereocenters. The van der Waals surface area contributed by atoms with Crippen molar-refractivity contribution in [3.8, 4) is 0 Å². The van der Waals surface area contributed by atoms with Crippen LogP contribution in [0.4, 0.5) is 0 Å². The Bertz CT molecular complexity index is 265. The smallest absolute Gasteiger partial charge is 0.331 e. The number of ether oxygens (including phenoxy) is 2. The fraction of sp³-hybridized carbons (Fsp3) is 0.769. The molecule has 2 N–H and O–H groups in total. The van der Waals surface area contributed by atoms with E-state index < -0.39 is 5.97 Å². The first-order valence-electron chi connectivity index (χ1n) is 6.10. The molecule has 0 saturated heterocycles. The molecule has 0 bridgehead atoms. The molecule has 0 aromatic rings. The van der Waals surface area contributed by atoms with Gasteiger partial charge in [-0.1, -0.05) is 26.8 Å². The van der Waals surface area contributed by atoms with E-state index in [2.05, 4.69) is 0 Å². The molecule has 5 heteroatoms. The Morgan fingerprint density at radius 2 is 1.67 bits per heavy atom. The van der Waals surface area contributed by atoms with Crippen LogP contribution in [0.1, 0.15) is 27.2 Å². The second-order valence-corrected chi connectivity index (χ2v) is 4.91. The molecule has 0 unspecified atom stereocenters. The lowest BCUT2D eigenvalue weighted by Gasteiger charge is -2.19. The molecule has 0 aliphatic carbocycles. The molecule has 106 valence electrons. The lowest BCUT2D eigenvalue weighted by atomic mass is 9.86. The molecule has 0 aliphatic rings. The van der Waals surface area contributed by atoms with Gasteiger partial charge in [-0.05, 0) is 11.8 Å². The van der Waals surface area contributed by atoms with Crippen LogP contribution in [0.2, 0.25) is 0 Å². The lowest BCUT2D eigenvalue weighted by molar-refractivity contribution is -0.133. The first-order chi connectivity index (χ1) is 8.39. The largest absolute Gasteiger partial charge is 0.478 e. The van der Waals surface area contributed by atoms with Crippen LogP contribution in [0.5, 0.6) is 0 Å². The summed E-state index contributed by atoms with van der Waals surface area (Å²) in [5.74, 6) is -0.881. The van der Waals surface area contributed by atoms with Crippen LogP contribution in [0.3, 0.4) is 0 Å². The van der Waals surface area contributed by atoms with E-state index in [9.17, 15) is 4.79 Å². The molecule has 0 amide bonds. The van der Waals surface area contributed by atoms with Crippen molar-refractivity contribution >= 4 is 5.97 Å². The van der Waals surface area contributed by atoms with Gasteiger partial charge in [-0.2, -0.15) is 0 Å². The molecule has 0 radical (unpaired) electrons. The quantitative estimate of drug-likeness (QED) is 0.485. The van der Waals surface area contributed by atoms with Crippen LogP contribution >= 0.6 is 0 Å². The van der Waals surface area contributed by atoms with Gasteiger partial charge >= 0.3 is 5.97 Å². The molecule has 0 rings (SSSR count). The highest BCUT2D eigenvalue weighted by Crippen LogP contribution is 2.25. The van der Waals surface area contributed by atoms with E-state index in [0.717, 1.165) is 0 Å². The number of rotatable bonds is 9. The van der Waals surface area contributed by atoms with Crippen molar-refractivity contribution in [3.63, 3.8) is 0 Å². The summed E-state index contributed by atoms with van der Waals surface area (Å²) in [5, 5.41) is 17.5. The van der Waals surface area contributed by atoms with Crippen LogP contribution in [-0.4, -0.2) is 49.2 Å². The van der Waals surface area contributed by atoms with E-state index >= 15 is 0 Å². The van der Waals surface area contributed by atoms with Gasteiger partial charge in [0.2, 0.25) is 0 Å². The third-order valence-electron chi connectivity index (χ3n) is 2.26. The topological polar surface area (TPSA) is 76.0 Å². The van der Waals surface area contributed by atoms with Crippen LogP contribution in [0.25, 0.3) is 0 Å². The van der Waals surface area contributed by atoms with Gasteiger partial charge in [0.1, 0.15) is 0 Å². The summed E-state index contributed by atoms with van der Waals surface area (Å²) >= 11 is 0. The third-order valence-corrected chi connectivity index (χ3v) is 2.26. The van der Waals surface area contributed by atoms with Crippen molar-refractivity contribution in [1.29, 1.82) is 0 Å². The van der Waals surface area contributed by atoms with Crippen molar-refractivity contribution in [2.24, 2.45) is 5.41 Å². The maximum Gasteiger partial charge on any atom is 0.331 e. The Morgan fingerprint density at radius 1 is 1.11 bits per heavy atom. The summed E-state index contributed by atoms with van der Waals surface area (Å²) in [6, 6.07) is 0. The van der Waals surface area contributed by atoms with Gasteiger partial charge < -0.3 is 19.7 Å². The van der Waals surface area contributed by atoms with Gasteiger partial charge in [0, 0.05) is 5.57 Å². The first-order valence-corrected chi connectivity index (χ1v) is 6.10. The molecule has 0 heterocycles. The molecule has 5 nitrogen and oxygen atoms in total. The maximum absolute atomic E-state index is 11.0. The SMILES string of the molecule is CC(C)(C)/C(=C\CCOCCOCCO)C(=O)O. The summed E-state index contributed by atoms with van der Waals surface area (Å²) < 4.78 is 10.3. The first kappa shape index (κ1) is 17.1. The zero-order chi connectivity index (χ0) is 14.0. The Balaban J connectivity index is 3.82. The van der Waals surface area contributed by atoms with Crippen molar-refractivity contribution < 1.29 is 24.5 Å². The third kappa shape index (κ3) is 8.22. The zero-order valence-corrected chi connectivity index (χ0v) is 11.4. The summed E-state index contributed by atoms with van der Waals surface area (Å²) in [4.78, 5) is 11.0. The van der Waals surface area contributed by atoms with Crippen molar-refractivity contribution in [3.05, 3.63) is 11.6 Å². The van der Waals surface area contributed by atoms with Crippen LogP contribution < -0.4 is 0 Å². The minimum Gasteiger partial charge on any atom is -0.478 e. The highest BCUT2D eigenvalue weighted by Gasteiger charge is 2.22. The Labute approximate surface area is 108 Å². The predicted octanol–water partition coefficient (Wildman–Crippen LogP) is 1.46. The summed E-state index contributed by atoms with van der Waals surface area (Å²) in [6.07, 6.45) is 2.27. The molecule has 0 aliphatic heterocycles. The monoisotopic (exact) mass is 260 g/mol. The second-order valence-electron chi connectivity index (χ2n) is 4.91. The van der Waals surface area contributed by atoms with E-state index in [1.165, 1.54) is 0 Å². The van der Waals surface area contributed by atoms with Crippen LogP contribution in [0, 0.1) is 5.41 Å². The van der Waals surface area contributed by atoms with E-state index in [1.54, 1.807) is 6.08 Å². The molecule has 18 heavy (non-hydrogen) atoms. The molecule has 0 spiro atoms. The standard InChI is InChI=1S/C13H24O5/c1-13(2,3)11(12(15)16)5-4-7-17-9-10-18-8-6-14/h5,14H,4,6-10H2,1-3H3,(H,15,16)/b11-5-. The predicted molar refractivity (Wildman–Crippen MR) is 68.5 cm³/mol. The average Bonchev–Trinajstić information content (AvgIpc) is 2.24. The normalized spacial score (nSPS) is 12.8.